The van der Waals surface area contributed by atoms with Gasteiger partial charge in [0, 0.05) is 33.2 Å². The van der Waals surface area contributed by atoms with Gasteiger partial charge in [-0.25, -0.2) is 9.59 Å². The SMILES string of the molecule is CC#CCn1c(=O)n(C)c2nc(O)nc(N3CCNCC3)c21.O=C(O)C(F)(F)F. The molecule has 0 radical (unpaired) electrons. The molecule has 0 aliphatic carbocycles. The molecule has 3 N–H and O–H groups in total. The van der Waals surface area contributed by atoms with Crippen molar-refractivity contribution in [1.29, 1.82) is 0 Å². The molecule has 158 valence electrons. The van der Waals surface area contributed by atoms with Gasteiger partial charge in [0.2, 0.25) is 0 Å². The van der Waals surface area contributed by atoms with Gasteiger partial charge in [0.1, 0.15) is 5.52 Å². The van der Waals surface area contributed by atoms with Crippen molar-refractivity contribution in [3.63, 3.8) is 0 Å². The minimum absolute atomic E-state index is 0.214. The summed E-state index contributed by atoms with van der Waals surface area (Å²) in [4.78, 5) is 31.6. The first kappa shape index (κ1) is 22.0. The van der Waals surface area contributed by atoms with Crippen molar-refractivity contribution in [1.82, 2.24) is 24.4 Å². The maximum atomic E-state index is 12.4. The highest BCUT2D eigenvalue weighted by atomic mass is 19.4. The van der Waals surface area contributed by atoms with E-state index in [0.717, 1.165) is 26.2 Å². The highest BCUT2D eigenvalue weighted by molar-refractivity contribution is 5.85. The van der Waals surface area contributed by atoms with E-state index in [-0.39, 0.29) is 18.2 Å². The Morgan fingerprint density at radius 2 is 1.86 bits per heavy atom. The molecule has 3 heterocycles. The summed E-state index contributed by atoms with van der Waals surface area (Å²) >= 11 is 0. The lowest BCUT2D eigenvalue weighted by atomic mass is 10.3. The summed E-state index contributed by atoms with van der Waals surface area (Å²) in [5.41, 5.74) is 0.827. The Morgan fingerprint density at radius 1 is 1.28 bits per heavy atom. The van der Waals surface area contributed by atoms with Gasteiger partial charge in [-0.2, -0.15) is 23.1 Å². The van der Waals surface area contributed by atoms with Crippen LogP contribution in [0.25, 0.3) is 11.2 Å². The second-order valence-electron chi connectivity index (χ2n) is 5.91. The van der Waals surface area contributed by atoms with E-state index >= 15 is 0 Å². The number of carboxylic acid groups (broad SMARTS) is 1. The predicted molar refractivity (Wildman–Crippen MR) is 96.7 cm³/mol. The highest BCUT2D eigenvalue weighted by Gasteiger charge is 2.38. The molecular weight excluding hydrogens is 397 g/mol. The van der Waals surface area contributed by atoms with Gasteiger partial charge in [-0.1, -0.05) is 5.92 Å². The molecule has 1 aliphatic rings. The second-order valence-corrected chi connectivity index (χ2v) is 5.91. The molecule has 13 heteroatoms. The van der Waals surface area contributed by atoms with Gasteiger partial charge in [-0.05, 0) is 6.92 Å². The number of hydrogen-bond acceptors (Lipinski definition) is 7. The smallest absolute Gasteiger partial charge is 0.479 e. The molecule has 0 saturated carbocycles. The van der Waals surface area contributed by atoms with Crippen LogP contribution in [0.2, 0.25) is 0 Å². The lowest BCUT2D eigenvalue weighted by Gasteiger charge is -2.28. The number of aromatic hydroxyl groups is 1. The van der Waals surface area contributed by atoms with Crippen LogP contribution in [0.15, 0.2) is 4.79 Å². The Bertz CT molecular complexity index is 1010. The average molecular weight is 416 g/mol. The van der Waals surface area contributed by atoms with E-state index in [1.165, 1.54) is 4.57 Å². The predicted octanol–water partition coefficient (Wildman–Crippen LogP) is -0.0982. The largest absolute Gasteiger partial charge is 0.490 e. The number of nitrogens with one attached hydrogen (secondary N) is 1. The number of rotatable bonds is 2. The fourth-order valence-corrected chi connectivity index (χ4v) is 2.66. The first-order valence-corrected chi connectivity index (χ1v) is 8.39. The molecule has 1 aliphatic heterocycles. The number of carbonyl (C=O) groups is 1. The third kappa shape index (κ3) is 4.96. The van der Waals surface area contributed by atoms with E-state index in [4.69, 9.17) is 9.90 Å². The molecule has 0 amide bonds. The number of halogens is 3. The number of carboxylic acids is 1. The molecule has 2 aromatic heterocycles. The molecular formula is C16H19F3N6O4. The van der Waals surface area contributed by atoms with E-state index < -0.39 is 12.1 Å². The molecule has 0 atom stereocenters. The summed E-state index contributed by atoms with van der Waals surface area (Å²) in [5.74, 6) is 3.53. The van der Waals surface area contributed by atoms with Crippen LogP contribution in [0.5, 0.6) is 6.01 Å². The average Bonchev–Trinajstić information content (AvgIpc) is 2.90. The maximum absolute atomic E-state index is 12.4. The van der Waals surface area contributed by atoms with Crippen molar-refractivity contribution < 1.29 is 28.2 Å². The Morgan fingerprint density at radius 3 is 2.38 bits per heavy atom. The van der Waals surface area contributed by atoms with E-state index in [2.05, 4.69) is 32.0 Å². The molecule has 3 rings (SSSR count). The second kappa shape index (κ2) is 8.82. The number of imidazole rings is 1. The van der Waals surface area contributed by atoms with Crippen LogP contribution in [0, 0.1) is 11.8 Å². The summed E-state index contributed by atoms with van der Waals surface area (Å²) in [6.07, 6.45) is -5.08. The van der Waals surface area contributed by atoms with Crippen LogP contribution in [-0.4, -0.2) is 67.6 Å². The van der Waals surface area contributed by atoms with Gasteiger partial charge in [-0.15, -0.1) is 5.92 Å². The quantitative estimate of drug-likeness (QED) is 0.580. The first-order valence-electron chi connectivity index (χ1n) is 8.39. The summed E-state index contributed by atoms with van der Waals surface area (Å²) < 4.78 is 34.7. The monoisotopic (exact) mass is 416 g/mol. The summed E-state index contributed by atoms with van der Waals surface area (Å²) in [6, 6.07) is -0.324. The molecule has 0 unspecified atom stereocenters. The van der Waals surface area contributed by atoms with E-state index in [1.807, 2.05) is 0 Å². The lowest BCUT2D eigenvalue weighted by molar-refractivity contribution is -0.192. The van der Waals surface area contributed by atoms with Gasteiger partial charge >= 0.3 is 23.8 Å². The van der Waals surface area contributed by atoms with Crippen LogP contribution < -0.4 is 15.9 Å². The molecule has 0 aromatic carbocycles. The van der Waals surface area contributed by atoms with E-state index in [9.17, 15) is 23.1 Å². The topological polar surface area (TPSA) is 126 Å². The van der Waals surface area contributed by atoms with Crippen molar-refractivity contribution in [3.05, 3.63) is 10.5 Å². The zero-order valence-electron chi connectivity index (χ0n) is 15.6. The van der Waals surface area contributed by atoms with Gasteiger partial charge in [0.25, 0.3) is 0 Å². The molecule has 29 heavy (non-hydrogen) atoms. The molecule has 10 nitrogen and oxygen atoms in total. The van der Waals surface area contributed by atoms with Crippen molar-refractivity contribution in [2.75, 3.05) is 31.1 Å². The van der Waals surface area contributed by atoms with Crippen LogP contribution in [0.4, 0.5) is 19.0 Å². The van der Waals surface area contributed by atoms with Crippen molar-refractivity contribution in [2.45, 2.75) is 19.6 Å². The lowest BCUT2D eigenvalue weighted by Crippen LogP contribution is -2.44. The van der Waals surface area contributed by atoms with Crippen LogP contribution in [0.3, 0.4) is 0 Å². The minimum atomic E-state index is -5.08. The number of piperazine rings is 1. The Balaban J connectivity index is 0.000000370. The number of nitrogens with zero attached hydrogens (tertiary/aromatic N) is 5. The van der Waals surface area contributed by atoms with Crippen molar-refractivity contribution in [2.24, 2.45) is 7.05 Å². The van der Waals surface area contributed by atoms with Gasteiger partial charge in [-0.3, -0.25) is 9.13 Å². The molecule has 1 saturated heterocycles. The normalized spacial score (nSPS) is 14.0. The highest BCUT2D eigenvalue weighted by Crippen LogP contribution is 2.25. The summed E-state index contributed by atoms with van der Waals surface area (Å²) in [6.45, 7) is 5.19. The fourth-order valence-electron chi connectivity index (χ4n) is 2.66. The Kier molecular flexibility index (Phi) is 6.70. The number of anilines is 1. The number of hydrogen-bond donors (Lipinski definition) is 3. The molecule has 1 fully saturated rings. The van der Waals surface area contributed by atoms with Crippen LogP contribution in [0.1, 0.15) is 6.92 Å². The third-order valence-corrected chi connectivity index (χ3v) is 4.01. The number of aryl methyl sites for hydroxylation is 1. The Hall–Kier alpha value is -3.27. The number of alkyl halides is 3. The summed E-state index contributed by atoms with van der Waals surface area (Å²) in [7, 11) is 1.63. The number of fused-ring (bicyclic) bond motifs is 1. The minimum Gasteiger partial charge on any atom is -0.479 e. The van der Waals surface area contributed by atoms with Crippen molar-refractivity contribution >= 4 is 23.0 Å². The number of aliphatic carboxylic acids is 1. The van der Waals surface area contributed by atoms with Gasteiger partial charge < -0.3 is 20.4 Å². The van der Waals surface area contributed by atoms with Crippen LogP contribution in [-0.2, 0) is 18.4 Å². The maximum Gasteiger partial charge on any atom is 0.490 e. The summed E-state index contributed by atoms with van der Waals surface area (Å²) in [5, 5.41) is 20.2. The molecule has 2 aromatic rings. The van der Waals surface area contributed by atoms with Crippen molar-refractivity contribution in [3.8, 4) is 17.9 Å². The zero-order valence-corrected chi connectivity index (χ0v) is 15.6. The fraction of sp³-hybridized carbons (Fsp3) is 0.500. The van der Waals surface area contributed by atoms with Gasteiger partial charge in [0.15, 0.2) is 11.5 Å². The zero-order chi connectivity index (χ0) is 21.8. The molecule has 0 spiro atoms. The number of aromatic nitrogens is 4. The third-order valence-electron chi connectivity index (χ3n) is 4.01. The van der Waals surface area contributed by atoms with E-state index in [0.29, 0.717) is 17.0 Å². The van der Waals surface area contributed by atoms with Crippen LogP contribution >= 0.6 is 0 Å². The van der Waals surface area contributed by atoms with E-state index in [1.54, 1.807) is 18.5 Å². The van der Waals surface area contributed by atoms with Gasteiger partial charge in [0.05, 0.1) is 6.54 Å². The first-order chi connectivity index (χ1) is 13.6. The standard InChI is InChI=1S/C14H18N6O2.C2HF3O2/c1-3-4-7-20-10-11(18(2)14(20)22)16-13(21)17-12(10)19-8-5-15-6-9-19;3-2(4,5)1(6)7/h15H,5-9H2,1-2H3,(H,16,17,21);(H,6,7). The Labute approximate surface area is 162 Å². The molecule has 0 bridgehead atoms.